The Morgan fingerprint density at radius 3 is 2.63 bits per heavy atom. The Morgan fingerprint density at radius 2 is 2.00 bits per heavy atom. The SMILES string of the molecule is Cc1nc(NN)cc(NCC2(O)CCC(C)CC2)n1. The average molecular weight is 265 g/mol. The van der Waals surface area contributed by atoms with E-state index in [9.17, 15) is 5.11 Å². The van der Waals surface area contributed by atoms with E-state index < -0.39 is 5.60 Å². The predicted molar refractivity (Wildman–Crippen MR) is 75.7 cm³/mol. The summed E-state index contributed by atoms with van der Waals surface area (Å²) in [6, 6.07) is 1.74. The molecule has 1 aromatic heterocycles. The number of rotatable bonds is 4. The molecule has 0 unspecified atom stereocenters. The van der Waals surface area contributed by atoms with Crippen LogP contribution in [-0.4, -0.2) is 27.2 Å². The molecule has 0 amide bonds. The Balaban J connectivity index is 1.96. The summed E-state index contributed by atoms with van der Waals surface area (Å²) in [6.45, 7) is 4.56. The number of nitrogens with zero attached hydrogens (tertiary/aromatic N) is 2. The maximum atomic E-state index is 10.5. The quantitative estimate of drug-likeness (QED) is 0.486. The third-order valence-corrected chi connectivity index (χ3v) is 3.79. The van der Waals surface area contributed by atoms with Crippen LogP contribution in [0.2, 0.25) is 0 Å². The molecule has 1 saturated carbocycles. The van der Waals surface area contributed by atoms with E-state index in [-0.39, 0.29) is 0 Å². The fraction of sp³-hybridized carbons (Fsp3) is 0.692. The molecule has 0 aromatic carbocycles. The van der Waals surface area contributed by atoms with Gasteiger partial charge >= 0.3 is 0 Å². The Labute approximate surface area is 113 Å². The van der Waals surface area contributed by atoms with Gasteiger partial charge < -0.3 is 15.8 Å². The molecule has 2 rings (SSSR count). The van der Waals surface area contributed by atoms with E-state index in [0.29, 0.717) is 24.0 Å². The van der Waals surface area contributed by atoms with Crippen LogP contribution in [0.15, 0.2) is 6.07 Å². The van der Waals surface area contributed by atoms with Crippen molar-refractivity contribution in [2.45, 2.75) is 45.1 Å². The molecule has 1 aliphatic rings. The summed E-state index contributed by atoms with van der Waals surface area (Å²) in [6.07, 6.45) is 3.84. The van der Waals surface area contributed by atoms with Gasteiger partial charge in [0, 0.05) is 12.6 Å². The summed E-state index contributed by atoms with van der Waals surface area (Å²) in [7, 11) is 0. The first kappa shape index (κ1) is 14.0. The molecule has 0 radical (unpaired) electrons. The summed E-state index contributed by atoms with van der Waals surface area (Å²) in [5, 5.41) is 13.7. The van der Waals surface area contributed by atoms with Crippen molar-refractivity contribution in [1.29, 1.82) is 0 Å². The van der Waals surface area contributed by atoms with Gasteiger partial charge in [0.25, 0.3) is 0 Å². The molecule has 0 spiro atoms. The van der Waals surface area contributed by atoms with Crippen LogP contribution in [0.1, 0.15) is 38.4 Å². The normalized spacial score (nSPS) is 27.1. The van der Waals surface area contributed by atoms with Crippen LogP contribution in [0.25, 0.3) is 0 Å². The van der Waals surface area contributed by atoms with Gasteiger partial charge in [-0.05, 0) is 38.5 Å². The maximum Gasteiger partial charge on any atom is 0.145 e. The van der Waals surface area contributed by atoms with Crippen molar-refractivity contribution in [2.75, 3.05) is 17.3 Å². The van der Waals surface area contributed by atoms with Gasteiger partial charge in [-0.1, -0.05) is 6.92 Å². The molecule has 0 saturated heterocycles. The van der Waals surface area contributed by atoms with Crippen LogP contribution in [0.5, 0.6) is 0 Å². The lowest BCUT2D eigenvalue weighted by molar-refractivity contribution is 0.00494. The fourth-order valence-corrected chi connectivity index (χ4v) is 2.46. The van der Waals surface area contributed by atoms with E-state index in [1.54, 1.807) is 6.07 Å². The largest absolute Gasteiger partial charge is 0.388 e. The summed E-state index contributed by atoms with van der Waals surface area (Å²) >= 11 is 0. The summed E-state index contributed by atoms with van der Waals surface area (Å²) < 4.78 is 0. The summed E-state index contributed by atoms with van der Waals surface area (Å²) in [4.78, 5) is 8.41. The minimum absolute atomic E-state index is 0.514. The van der Waals surface area contributed by atoms with Gasteiger partial charge in [0.15, 0.2) is 0 Å². The Hall–Kier alpha value is -1.40. The average Bonchev–Trinajstić information content (AvgIpc) is 2.40. The number of nitrogen functional groups attached to an aromatic ring is 1. The molecule has 5 N–H and O–H groups in total. The van der Waals surface area contributed by atoms with Gasteiger partial charge in [0.2, 0.25) is 0 Å². The Morgan fingerprint density at radius 1 is 1.37 bits per heavy atom. The minimum Gasteiger partial charge on any atom is -0.388 e. The van der Waals surface area contributed by atoms with Gasteiger partial charge in [-0.25, -0.2) is 15.8 Å². The third-order valence-electron chi connectivity index (χ3n) is 3.79. The molecular formula is C13H23N5O. The lowest BCUT2D eigenvalue weighted by Crippen LogP contribution is -2.40. The Kier molecular flexibility index (Phi) is 4.21. The molecule has 0 aliphatic heterocycles. The van der Waals surface area contributed by atoms with Gasteiger partial charge in [0.1, 0.15) is 17.5 Å². The van der Waals surface area contributed by atoms with Gasteiger partial charge in [-0.2, -0.15) is 0 Å². The van der Waals surface area contributed by atoms with Crippen LogP contribution >= 0.6 is 0 Å². The van der Waals surface area contributed by atoms with Crippen LogP contribution in [-0.2, 0) is 0 Å². The van der Waals surface area contributed by atoms with Gasteiger partial charge in [-0.3, -0.25) is 0 Å². The second kappa shape index (κ2) is 5.71. The van der Waals surface area contributed by atoms with Crippen molar-refractivity contribution in [3.8, 4) is 0 Å². The zero-order valence-corrected chi connectivity index (χ0v) is 11.6. The van der Waals surface area contributed by atoms with E-state index >= 15 is 0 Å². The third kappa shape index (κ3) is 3.78. The highest BCUT2D eigenvalue weighted by atomic mass is 16.3. The number of aliphatic hydroxyl groups is 1. The van der Waals surface area contributed by atoms with Gasteiger partial charge in [-0.15, -0.1) is 0 Å². The summed E-state index contributed by atoms with van der Waals surface area (Å²) in [5.41, 5.74) is 1.88. The molecular weight excluding hydrogens is 242 g/mol. The van der Waals surface area contributed by atoms with Crippen LogP contribution in [0.3, 0.4) is 0 Å². The zero-order valence-electron chi connectivity index (χ0n) is 11.6. The standard InChI is InChI=1S/C13H23N5O/c1-9-3-5-13(19,6-4-9)8-15-11-7-12(18-14)17-10(2)16-11/h7,9,19H,3-6,8,14H2,1-2H3,(H2,15,16,17,18). The number of nitrogens with two attached hydrogens (primary N) is 1. The van der Waals surface area contributed by atoms with Crippen LogP contribution in [0, 0.1) is 12.8 Å². The van der Waals surface area contributed by atoms with E-state index in [1.807, 2.05) is 6.92 Å². The lowest BCUT2D eigenvalue weighted by Gasteiger charge is -2.35. The maximum absolute atomic E-state index is 10.5. The second-order valence-electron chi connectivity index (χ2n) is 5.59. The fourth-order valence-electron chi connectivity index (χ4n) is 2.46. The number of nitrogens with one attached hydrogen (secondary N) is 2. The molecule has 6 nitrogen and oxygen atoms in total. The lowest BCUT2D eigenvalue weighted by atomic mass is 9.79. The Bertz CT molecular complexity index is 429. The van der Waals surface area contributed by atoms with E-state index in [2.05, 4.69) is 27.6 Å². The van der Waals surface area contributed by atoms with E-state index in [0.717, 1.165) is 31.6 Å². The molecule has 6 heteroatoms. The second-order valence-corrected chi connectivity index (χ2v) is 5.59. The van der Waals surface area contributed by atoms with Gasteiger partial charge in [0.05, 0.1) is 5.60 Å². The first-order valence-corrected chi connectivity index (χ1v) is 6.79. The molecule has 1 fully saturated rings. The van der Waals surface area contributed by atoms with E-state index in [4.69, 9.17) is 5.84 Å². The highest BCUT2D eigenvalue weighted by Gasteiger charge is 2.31. The number of hydrazine groups is 1. The number of hydrogen-bond acceptors (Lipinski definition) is 6. The molecule has 106 valence electrons. The van der Waals surface area contributed by atoms with Crippen LogP contribution < -0.4 is 16.6 Å². The number of aromatic nitrogens is 2. The van der Waals surface area contributed by atoms with Crippen molar-refractivity contribution >= 4 is 11.6 Å². The monoisotopic (exact) mass is 265 g/mol. The van der Waals surface area contributed by atoms with E-state index in [1.165, 1.54) is 0 Å². The van der Waals surface area contributed by atoms with Crippen molar-refractivity contribution < 1.29 is 5.11 Å². The molecule has 1 heterocycles. The number of anilines is 2. The van der Waals surface area contributed by atoms with Crippen molar-refractivity contribution in [3.05, 3.63) is 11.9 Å². The summed E-state index contributed by atoms with van der Waals surface area (Å²) in [5.74, 6) is 7.96. The number of hydrogen-bond donors (Lipinski definition) is 4. The predicted octanol–water partition coefficient (Wildman–Crippen LogP) is 1.42. The highest BCUT2D eigenvalue weighted by Crippen LogP contribution is 2.31. The smallest absolute Gasteiger partial charge is 0.145 e. The van der Waals surface area contributed by atoms with Crippen LogP contribution in [0.4, 0.5) is 11.6 Å². The molecule has 1 aliphatic carbocycles. The zero-order chi connectivity index (χ0) is 13.9. The van der Waals surface area contributed by atoms with Crippen molar-refractivity contribution in [2.24, 2.45) is 11.8 Å². The minimum atomic E-state index is -0.623. The topological polar surface area (TPSA) is 96.1 Å². The first-order valence-electron chi connectivity index (χ1n) is 6.79. The number of aryl methyl sites for hydroxylation is 1. The molecule has 19 heavy (non-hydrogen) atoms. The molecule has 0 atom stereocenters. The molecule has 1 aromatic rings. The highest BCUT2D eigenvalue weighted by molar-refractivity contribution is 5.46. The first-order chi connectivity index (χ1) is 9.00. The molecule has 0 bridgehead atoms. The van der Waals surface area contributed by atoms with Crippen molar-refractivity contribution in [1.82, 2.24) is 9.97 Å². The van der Waals surface area contributed by atoms with Crippen molar-refractivity contribution in [3.63, 3.8) is 0 Å².